The van der Waals surface area contributed by atoms with Gasteiger partial charge in [-0.25, -0.2) is 4.99 Å². The van der Waals surface area contributed by atoms with Crippen LogP contribution in [0.1, 0.15) is 18.4 Å². The first-order valence-corrected chi connectivity index (χ1v) is 9.32. The summed E-state index contributed by atoms with van der Waals surface area (Å²) in [5.74, 6) is 1.70. The van der Waals surface area contributed by atoms with Gasteiger partial charge in [0.2, 0.25) is 0 Å². The van der Waals surface area contributed by atoms with Gasteiger partial charge in [-0.05, 0) is 44.1 Å². The summed E-state index contributed by atoms with van der Waals surface area (Å²) in [6, 6.07) is 14.0. The van der Waals surface area contributed by atoms with Crippen LogP contribution in [-0.4, -0.2) is 31.6 Å². The molecular formula is C20H23ClN4O. The normalized spacial score (nSPS) is 17.8. The molecule has 6 heteroatoms. The zero-order valence-electron chi connectivity index (χ0n) is 14.8. The maximum Gasteiger partial charge on any atom is 0.142 e. The van der Waals surface area contributed by atoms with E-state index in [2.05, 4.69) is 22.0 Å². The number of methoxy groups -OCH3 is 1. The van der Waals surface area contributed by atoms with Gasteiger partial charge in [0.15, 0.2) is 0 Å². The van der Waals surface area contributed by atoms with E-state index in [1.54, 1.807) is 7.11 Å². The van der Waals surface area contributed by atoms with Crippen LogP contribution < -0.4 is 20.7 Å². The fourth-order valence-electron chi connectivity index (χ4n) is 3.75. The molecule has 2 aliphatic rings. The second kappa shape index (κ2) is 7.17. The maximum absolute atomic E-state index is 6.26. The highest BCUT2D eigenvalue weighted by Crippen LogP contribution is 2.37. The van der Waals surface area contributed by atoms with Gasteiger partial charge in [0.1, 0.15) is 11.6 Å². The van der Waals surface area contributed by atoms with Gasteiger partial charge in [0.25, 0.3) is 0 Å². The van der Waals surface area contributed by atoms with E-state index in [1.165, 1.54) is 0 Å². The summed E-state index contributed by atoms with van der Waals surface area (Å²) in [5, 5.41) is 11.4. The van der Waals surface area contributed by atoms with E-state index in [0.717, 1.165) is 48.7 Å². The summed E-state index contributed by atoms with van der Waals surface area (Å²) in [6.45, 7) is 2.55. The number of hydrogen-bond donors (Lipinski definition) is 3. The first kappa shape index (κ1) is 17.2. The van der Waals surface area contributed by atoms with E-state index in [-0.39, 0.29) is 5.54 Å². The molecule has 136 valence electrons. The minimum absolute atomic E-state index is 0.161. The lowest BCUT2D eigenvalue weighted by atomic mass is 9.85. The number of benzene rings is 2. The zero-order chi connectivity index (χ0) is 18.0. The van der Waals surface area contributed by atoms with E-state index in [9.17, 15) is 0 Å². The number of ether oxygens (including phenoxy) is 1. The number of rotatable bonds is 3. The minimum atomic E-state index is -0.161. The molecule has 0 aliphatic carbocycles. The Morgan fingerprint density at radius 3 is 2.77 bits per heavy atom. The van der Waals surface area contributed by atoms with Gasteiger partial charge in [-0.1, -0.05) is 35.9 Å². The molecule has 26 heavy (non-hydrogen) atoms. The van der Waals surface area contributed by atoms with Crippen molar-refractivity contribution in [2.45, 2.75) is 24.9 Å². The van der Waals surface area contributed by atoms with Gasteiger partial charge in [-0.3, -0.25) is 0 Å². The van der Waals surface area contributed by atoms with Gasteiger partial charge in [0.05, 0.1) is 29.0 Å². The van der Waals surface area contributed by atoms with Gasteiger partial charge >= 0.3 is 0 Å². The lowest BCUT2D eigenvalue weighted by Crippen LogP contribution is -2.58. The molecular weight excluding hydrogens is 348 g/mol. The second-order valence-electron chi connectivity index (χ2n) is 6.72. The Morgan fingerprint density at radius 2 is 1.96 bits per heavy atom. The van der Waals surface area contributed by atoms with Crippen molar-refractivity contribution in [2.75, 3.05) is 25.5 Å². The highest BCUT2D eigenvalue weighted by Gasteiger charge is 2.40. The SMILES string of the molecule is COc1c(Cl)cccc1CNC1=Nc2ccccc2NC12CCNCC2. The van der Waals surface area contributed by atoms with Crippen molar-refractivity contribution in [2.24, 2.45) is 4.99 Å². The van der Waals surface area contributed by atoms with Crippen LogP contribution in [-0.2, 0) is 6.54 Å². The molecule has 2 aromatic carbocycles. The summed E-state index contributed by atoms with van der Waals surface area (Å²) in [5.41, 5.74) is 2.92. The van der Waals surface area contributed by atoms with Crippen molar-refractivity contribution in [3.05, 3.63) is 53.1 Å². The summed E-state index contributed by atoms with van der Waals surface area (Å²) in [7, 11) is 1.65. The Bertz CT molecular complexity index is 830. The van der Waals surface area contributed by atoms with Crippen LogP contribution in [0.2, 0.25) is 5.02 Å². The Kier molecular flexibility index (Phi) is 4.74. The van der Waals surface area contributed by atoms with Crippen molar-refractivity contribution in [3.8, 4) is 5.75 Å². The Balaban J connectivity index is 1.64. The van der Waals surface area contributed by atoms with Crippen molar-refractivity contribution >= 4 is 28.8 Å². The van der Waals surface area contributed by atoms with Crippen LogP contribution in [0, 0.1) is 0 Å². The molecule has 4 rings (SSSR count). The van der Waals surface area contributed by atoms with E-state index in [4.69, 9.17) is 21.3 Å². The van der Waals surface area contributed by atoms with E-state index < -0.39 is 0 Å². The van der Waals surface area contributed by atoms with Crippen LogP contribution in [0.15, 0.2) is 47.5 Å². The Labute approximate surface area is 158 Å². The first-order valence-electron chi connectivity index (χ1n) is 8.94. The van der Waals surface area contributed by atoms with Crippen LogP contribution in [0.5, 0.6) is 5.75 Å². The summed E-state index contributed by atoms with van der Waals surface area (Å²) in [4.78, 5) is 4.96. The minimum Gasteiger partial charge on any atom is -0.495 e. The molecule has 0 aromatic heterocycles. The number of fused-ring (bicyclic) bond motifs is 1. The fourth-order valence-corrected chi connectivity index (χ4v) is 4.02. The number of hydrogen-bond acceptors (Lipinski definition) is 5. The van der Waals surface area contributed by atoms with Gasteiger partial charge < -0.3 is 20.7 Å². The highest BCUT2D eigenvalue weighted by molar-refractivity contribution is 6.32. The number of nitrogens with zero attached hydrogens (tertiary/aromatic N) is 1. The number of piperidine rings is 1. The van der Waals surface area contributed by atoms with Gasteiger partial charge in [-0.15, -0.1) is 0 Å². The number of para-hydroxylation sites is 3. The largest absolute Gasteiger partial charge is 0.495 e. The van der Waals surface area contributed by atoms with Crippen LogP contribution in [0.4, 0.5) is 11.4 Å². The molecule has 2 heterocycles. The predicted octanol–water partition coefficient (Wildman–Crippen LogP) is 3.72. The molecule has 3 N–H and O–H groups in total. The number of anilines is 1. The Hall–Kier alpha value is -2.24. The molecule has 5 nitrogen and oxygen atoms in total. The highest BCUT2D eigenvalue weighted by atomic mass is 35.5. The zero-order valence-corrected chi connectivity index (χ0v) is 15.6. The van der Waals surface area contributed by atoms with Crippen molar-refractivity contribution in [1.29, 1.82) is 0 Å². The summed E-state index contributed by atoms with van der Waals surface area (Å²) < 4.78 is 5.47. The smallest absolute Gasteiger partial charge is 0.142 e. The number of amidine groups is 1. The molecule has 0 radical (unpaired) electrons. The third-order valence-electron chi connectivity index (χ3n) is 5.12. The molecule has 1 fully saturated rings. The summed E-state index contributed by atoms with van der Waals surface area (Å²) >= 11 is 6.26. The average Bonchev–Trinajstić information content (AvgIpc) is 2.67. The average molecular weight is 371 g/mol. The molecule has 0 bridgehead atoms. The van der Waals surface area contributed by atoms with E-state index in [1.807, 2.05) is 36.4 Å². The molecule has 0 atom stereocenters. The number of nitrogens with one attached hydrogen (secondary N) is 3. The van der Waals surface area contributed by atoms with E-state index in [0.29, 0.717) is 17.3 Å². The Morgan fingerprint density at radius 1 is 1.15 bits per heavy atom. The topological polar surface area (TPSA) is 57.7 Å². The molecule has 0 unspecified atom stereocenters. The van der Waals surface area contributed by atoms with Gasteiger partial charge in [-0.2, -0.15) is 0 Å². The van der Waals surface area contributed by atoms with E-state index >= 15 is 0 Å². The van der Waals surface area contributed by atoms with Crippen LogP contribution >= 0.6 is 11.6 Å². The number of aliphatic imine (C=N–C) groups is 1. The van der Waals surface area contributed by atoms with Crippen molar-refractivity contribution in [1.82, 2.24) is 10.6 Å². The van der Waals surface area contributed by atoms with Gasteiger partial charge in [0, 0.05) is 12.1 Å². The van der Waals surface area contributed by atoms with Crippen molar-refractivity contribution in [3.63, 3.8) is 0 Å². The molecule has 0 amide bonds. The monoisotopic (exact) mass is 370 g/mol. The third-order valence-corrected chi connectivity index (χ3v) is 5.42. The molecule has 1 saturated heterocycles. The predicted molar refractivity (Wildman–Crippen MR) is 107 cm³/mol. The molecule has 2 aromatic rings. The fraction of sp³-hybridized carbons (Fsp3) is 0.350. The van der Waals surface area contributed by atoms with Crippen LogP contribution in [0.3, 0.4) is 0 Å². The first-order chi connectivity index (χ1) is 12.7. The maximum atomic E-state index is 6.26. The molecule has 0 saturated carbocycles. The molecule has 2 aliphatic heterocycles. The number of halogens is 1. The van der Waals surface area contributed by atoms with Crippen LogP contribution in [0.25, 0.3) is 0 Å². The molecule has 1 spiro atoms. The third kappa shape index (κ3) is 3.13. The lowest BCUT2D eigenvalue weighted by molar-refractivity contribution is 0.404. The summed E-state index contributed by atoms with van der Waals surface area (Å²) in [6.07, 6.45) is 1.97. The second-order valence-corrected chi connectivity index (χ2v) is 7.13. The lowest BCUT2D eigenvalue weighted by Gasteiger charge is -2.43. The quantitative estimate of drug-likeness (QED) is 0.770. The van der Waals surface area contributed by atoms with Crippen molar-refractivity contribution < 1.29 is 4.74 Å². The standard InChI is InChI=1S/C20H23ClN4O/c1-26-18-14(5-4-6-15(18)21)13-23-19-20(9-11-22-12-10-20)25-17-8-3-2-7-16(17)24-19/h2-8,22,25H,9-13H2,1H3,(H,23,24).